The molecule has 0 aliphatic carbocycles. The Morgan fingerprint density at radius 1 is 1.00 bits per heavy atom. The molecule has 0 bridgehead atoms. The van der Waals surface area contributed by atoms with Gasteiger partial charge in [0.2, 0.25) is 5.82 Å². The van der Waals surface area contributed by atoms with E-state index in [-0.39, 0.29) is 25.8 Å². The van der Waals surface area contributed by atoms with Gasteiger partial charge in [-0.15, -0.1) is 4.37 Å². The van der Waals surface area contributed by atoms with E-state index in [1.807, 2.05) is 4.90 Å². The van der Waals surface area contributed by atoms with Crippen LogP contribution in [0.3, 0.4) is 0 Å². The zero-order valence-corrected chi connectivity index (χ0v) is 20.9. The molecular weight excluding hydrogens is 538 g/mol. The maximum atomic E-state index is 13.2. The average molecular weight is 561 g/mol. The highest BCUT2D eigenvalue weighted by atomic mass is 32.1. The lowest BCUT2D eigenvalue weighted by Crippen LogP contribution is -2.59. The standard InChI is InChI=1S/C23H22F6N6O2S/c1-13-10-34(19-20(33-38-32-19)37-12-15-3-5-30-6-4-15)11-14(2)35(13)21(36)31-18-8-16(22(24,25)26)7-17(9-18)23(27,28)29/h3-9,13-14H,10-12H2,1-2H3,(H,31,36). The fraction of sp³-hybridized carbons (Fsp3) is 0.391. The summed E-state index contributed by atoms with van der Waals surface area (Å²) in [5.74, 6) is 0.795. The summed E-state index contributed by atoms with van der Waals surface area (Å²) >= 11 is 0.957. The van der Waals surface area contributed by atoms with E-state index < -0.39 is 47.3 Å². The molecule has 2 atom stereocenters. The first-order chi connectivity index (χ1) is 17.8. The molecule has 1 saturated heterocycles. The van der Waals surface area contributed by atoms with E-state index in [0.717, 1.165) is 17.3 Å². The first-order valence-electron chi connectivity index (χ1n) is 11.3. The summed E-state index contributed by atoms with van der Waals surface area (Å²) < 4.78 is 93.5. The minimum Gasteiger partial charge on any atom is -0.470 e. The van der Waals surface area contributed by atoms with Crippen LogP contribution in [0.25, 0.3) is 0 Å². The molecule has 2 amide bonds. The molecule has 204 valence electrons. The summed E-state index contributed by atoms with van der Waals surface area (Å²) in [5, 5.41) is 2.21. The Labute approximate surface area is 217 Å². The third-order valence-electron chi connectivity index (χ3n) is 5.86. The van der Waals surface area contributed by atoms with E-state index in [2.05, 4.69) is 19.0 Å². The lowest BCUT2D eigenvalue weighted by atomic mass is 10.1. The molecular formula is C23H22F6N6O2S. The normalized spacial score (nSPS) is 18.4. The molecule has 8 nitrogen and oxygen atoms in total. The average Bonchev–Trinajstić information content (AvgIpc) is 3.30. The number of ether oxygens (including phenoxy) is 1. The van der Waals surface area contributed by atoms with Gasteiger partial charge in [0.05, 0.1) is 22.9 Å². The lowest BCUT2D eigenvalue weighted by molar-refractivity contribution is -0.143. The summed E-state index contributed by atoms with van der Waals surface area (Å²) in [7, 11) is 0. The Kier molecular flexibility index (Phi) is 7.67. The van der Waals surface area contributed by atoms with Crippen LogP contribution in [-0.4, -0.2) is 49.8 Å². The van der Waals surface area contributed by atoms with Gasteiger partial charge in [0.25, 0.3) is 5.88 Å². The number of halogens is 6. The lowest BCUT2D eigenvalue weighted by Gasteiger charge is -2.44. The van der Waals surface area contributed by atoms with Crippen LogP contribution in [0.2, 0.25) is 0 Å². The van der Waals surface area contributed by atoms with E-state index >= 15 is 0 Å². The molecule has 2 aromatic heterocycles. The van der Waals surface area contributed by atoms with Crippen LogP contribution in [0.5, 0.6) is 5.88 Å². The number of pyridine rings is 1. The first-order valence-corrected chi connectivity index (χ1v) is 12.0. The Hall–Kier alpha value is -3.62. The zero-order chi connectivity index (χ0) is 27.7. The SMILES string of the molecule is CC1CN(c2nsnc2OCc2ccncc2)CC(C)N1C(=O)Nc1cc(C(F)(F)F)cc(C(F)(F)F)c1. The van der Waals surface area contributed by atoms with Crippen molar-refractivity contribution in [3.8, 4) is 5.88 Å². The van der Waals surface area contributed by atoms with Crippen LogP contribution < -0.4 is 15.0 Å². The van der Waals surface area contributed by atoms with Crippen molar-refractivity contribution >= 4 is 29.3 Å². The van der Waals surface area contributed by atoms with Crippen molar-refractivity contribution in [3.05, 3.63) is 59.4 Å². The number of hydrogen-bond acceptors (Lipinski definition) is 7. The topological polar surface area (TPSA) is 83.5 Å². The molecule has 0 saturated carbocycles. The molecule has 1 N–H and O–H groups in total. The molecule has 1 fully saturated rings. The van der Waals surface area contributed by atoms with Gasteiger partial charge in [0.15, 0.2) is 0 Å². The quantitative estimate of drug-likeness (QED) is 0.405. The molecule has 3 heterocycles. The number of benzene rings is 1. The second-order valence-electron chi connectivity index (χ2n) is 8.77. The van der Waals surface area contributed by atoms with Gasteiger partial charge in [0, 0.05) is 43.3 Å². The van der Waals surface area contributed by atoms with Gasteiger partial charge in [-0.1, -0.05) is 0 Å². The minimum absolute atomic E-state index is 0.00983. The van der Waals surface area contributed by atoms with Crippen molar-refractivity contribution in [1.82, 2.24) is 18.6 Å². The number of carbonyl (C=O) groups excluding carboxylic acids is 1. The molecule has 38 heavy (non-hydrogen) atoms. The van der Waals surface area contributed by atoms with E-state index in [1.165, 1.54) is 4.90 Å². The molecule has 4 rings (SSSR count). The van der Waals surface area contributed by atoms with Crippen molar-refractivity contribution in [1.29, 1.82) is 0 Å². The number of amides is 2. The Balaban J connectivity index is 1.47. The molecule has 1 aliphatic rings. The van der Waals surface area contributed by atoms with E-state index in [9.17, 15) is 31.1 Å². The summed E-state index contributed by atoms with van der Waals surface area (Å²) in [6, 6.07) is 2.80. The number of nitrogens with zero attached hydrogens (tertiary/aromatic N) is 5. The largest absolute Gasteiger partial charge is 0.470 e. The van der Waals surface area contributed by atoms with Crippen molar-refractivity contribution in [2.45, 2.75) is 44.9 Å². The van der Waals surface area contributed by atoms with Crippen molar-refractivity contribution in [3.63, 3.8) is 0 Å². The smallest absolute Gasteiger partial charge is 0.416 e. The number of hydrogen-bond donors (Lipinski definition) is 1. The summed E-state index contributed by atoms with van der Waals surface area (Å²) in [5.41, 5.74) is -2.74. The number of urea groups is 1. The number of alkyl halides is 6. The highest BCUT2D eigenvalue weighted by molar-refractivity contribution is 6.99. The monoisotopic (exact) mass is 560 g/mol. The maximum Gasteiger partial charge on any atom is 0.416 e. The molecule has 1 aromatic carbocycles. The molecule has 2 unspecified atom stereocenters. The van der Waals surface area contributed by atoms with Gasteiger partial charge < -0.3 is 19.9 Å². The number of piperazine rings is 1. The van der Waals surface area contributed by atoms with E-state index in [1.54, 1.807) is 38.4 Å². The van der Waals surface area contributed by atoms with Gasteiger partial charge in [-0.3, -0.25) is 4.98 Å². The van der Waals surface area contributed by atoms with Gasteiger partial charge in [-0.2, -0.15) is 30.7 Å². The van der Waals surface area contributed by atoms with Crippen LogP contribution in [0.1, 0.15) is 30.5 Å². The second kappa shape index (κ2) is 10.6. The molecule has 0 radical (unpaired) electrons. The predicted molar refractivity (Wildman–Crippen MR) is 127 cm³/mol. The molecule has 0 spiro atoms. The molecule has 15 heteroatoms. The third-order valence-corrected chi connectivity index (χ3v) is 6.36. The number of rotatable bonds is 5. The van der Waals surface area contributed by atoms with Crippen LogP contribution >= 0.6 is 11.7 Å². The van der Waals surface area contributed by atoms with Crippen molar-refractivity contribution in [2.24, 2.45) is 0 Å². The van der Waals surface area contributed by atoms with Crippen LogP contribution in [0, 0.1) is 0 Å². The number of anilines is 2. The van der Waals surface area contributed by atoms with Crippen molar-refractivity contribution < 1.29 is 35.9 Å². The number of nitrogens with one attached hydrogen (secondary N) is 1. The van der Waals surface area contributed by atoms with Crippen LogP contribution in [0.4, 0.5) is 42.6 Å². The Morgan fingerprint density at radius 2 is 1.58 bits per heavy atom. The number of aromatic nitrogens is 3. The fourth-order valence-corrected chi connectivity index (χ4v) is 4.72. The van der Waals surface area contributed by atoms with Crippen LogP contribution in [0.15, 0.2) is 42.7 Å². The van der Waals surface area contributed by atoms with Crippen molar-refractivity contribution in [2.75, 3.05) is 23.3 Å². The van der Waals surface area contributed by atoms with E-state index in [0.29, 0.717) is 23.8 Å². The Bertz CT molecular complexity index is 1230. The minimum atomic E-state index is -5.02. The third kappa shape index (κ3) is 6.26. The highest BCUT2D eigenvalue weighted by Crippen LogP contribution is 2.38. The van der Waals surface area contributed by atoms with Gasteiger partial charge in [-0.25, -0.2) is 4.79 Å². The molecule has 3 aromatic rings. The number of carbonyl (C=O) groups is 1. The van der Waals surface area contributed by atoms with Gasteiger partial charge in [0.1, 0.15) is 6.61 Å². The summed E-state index contributed by atoms with van der Waals surface area (Å²) in [6.45, 7) is 4.24. The highest BCUT2D eigenvalue weighted by Gasteiger charge is 2.38. The zero-order valence-electron chi connectivity index (χ0n) is 20.0. The summed E-state index contributed by atoms with van der Waals surface area (Å²) in [6.07, 6.45) is -6.77. The summed E-state index contributed by atoms with van der Waals surface area (Å²) in [4.78, 5) is 20.2. The van der Waals surface area contributed by atoms with Gasteiger partial charge >= 0.3 is 18.4 Å². The van der Waals surface area contributed by atoms with Gasteiger partial charge in [-0.05, 0) is 49.7 Å². The Morgan fingerprint density at radius 3 is 2.13 bits per heavy atom. The van der Waals surface area contributed by atoms with E-state index in [4.69, 9.17) is 4.74 Å². The fourth-order valence-electron chi connectivity index (χ4n) is 4.20. The second-order valence-corrected chi connectivity index (χ2v) is 9.30. The molecule has 1 aliphatic heterocycles. The predicted octanol–water partition coefficient (Wildman–Crippen LogP) is 5.68. The maximum absolute atomic E-state index is 13.2. The first kappa shape index (κ1) is 27.4. The van der Waals surface area contributed by atoms with Crippen LogP contribution in [-0.2, 0) is 19.0 Å².